The summed E-state index contributed by atoms with van der Waals surface area (Å²) in [6.07, 6.45) is 0. The van der Waals surface area contributed by atoms with Crippen molar-refractivity contribution in [1.29, 1.82) is 0 Å². The number of hydrogen-bond acceptors (Lipinski definition) is 1. The Bertz CT molecular complexity index is 1130. The third kappa shape index (κ3) is 1.80. The fourth-order valence-corrected chi connectivity index (χ4v) is 5.62. The molecule has 1 N–H and O–H groups in total. The molecule has 0 saturated carbocycles. The van der Waals surface area contributed by atoms with Gasteiger partial charge in [-0.3, -0.25) is 0 Å². The van der Waals surface area contributed by atoms with Gasteiger partial charge in [0.05, 0.1) is 12.0 Å². The van der Waals surface area contributed by atoms with Gasteiger partial charge in [-0.05, 0) is 44.5 Å². The highest BCUT2D eigenvalue weighted by molar-refractivity contribution is 5.86. The van der Waals surface area contributed by atoms with Gasteiger partial charge in [0.25, 0.3) is 0 Å². The van der Waals surface area contributed by atoms with Crippen molar-refractivity contribution in [3.05, 3.63) is 119 Å². The molecule has 28 heavy (non-hydrogen) atoms. The van der Waals surface area contributed by atoms with Crippen molar-refractivity contribution < 1.29 is 5.11 Å². The predicted octanol–water partition coefficient (Wildman–Crippen LogP) is 5.76. The van der Waals surface area contributed by atoms with E-state index in [9.17, 15) is 5.11 Å². The van der Waals surface area contributed by atoms with Gasteiger partial charge in [-0.2, -0.15) is 0 Å². The Kier molecular flexibility index (Phi) is 3.21. The second-order valence-corrected chi connectivity index (χ2v) is 7.83. The van der Waals surface area contributed by atoms with Crippen LogP contribution >= 0.6 is 0 Å². The van der Waals surface area contributed by atoms with Crippen LogP contribution < -0.4 is 0 Å². The third-order valence-electron chi connectivity index (χ3n) is 6.68. The smallest absolute Gasteiger partial charge is 0.0578 e. The van der Waals surface area contributed by atoms with Crippen LogP contribution in [0.4, 0.5) is 0 Å². The lowest BCUT2D eigenvalue weighted by atomic mass is 9.65. The Balaban J connectivity index is 1.75. The molecule has 4 aromatic carbocycles. The highest BCUT2D eigenvalue weighted by Crippen LogP contribution is 2.61. The number of benzene rings is 4. The molecule has 0 bridgehead atoms. The van der Waals surface area contributed by atoms with Crippen molar-refractivity contribution in [3.8, 4) is 22.3 Å². The van der Waals surface area contributed by atoms with E-state index in [-0.39, 0.29) is 12.5 Å². The first-order valence-corrected chi connectivity index (χ1v) is 9.85. The summed E-state index contributed by atoms with van der Waals surface area (Å²) in [6, 6.07) is 34.6. The summed E-state index contributed by atoms with van der Waals surface area (Å²) in [7, 11) is 0. The van der Waals surface area contributed by atoms with Gasteiger partial charge >= 0.3 is 0 Å². The Labute approximate surface area is 164 Å². The molecule has 0 aliphatic heterocycles. The maximum absolute atomic E-state index is 11.0. The maximum atomic E-state index is 11.0. The van der Waals surface area contributed by atoms with Crippen LogP contribution in [0.15, 0.2) is 97.1 Å². The molecule has 0 amide bonds. The van der Waals surface area contributed by atoms with Crippen LogP contribution in [0, 0.1) is 0 Å². The van der Waals surface area contributed by atoms with E-state index in [1.54, 1.807) is 0 Å². The fraction of sp³-hybridized carbons (Fsp3) is 0.111. The Morgan fingerprint density at radius 1 is 0.536 bits per heavy atom. The van der Waals surface area contributed by atoms with E-state index in [2.05, 4.69) is 97.1 Å². The maximum Gasteiger partial charge on any atom is 0.0578 e. The second kappa shape index (κ2) is 5.67. The Morgan fingerprint density at radius 3 is 1.39 bits per heavy atom. The van der Waals surface area contributed by atoms with Gasteiger partial charge in [-0.15, -0.1) is 0 Å². The standard InChI is InChI=1S/C27H20O/c28-17-27(24-15-7-5-11-20(24)21-12-6-8-16-25(21)27)26-22-13-3-1-9-18(22)19-10-2-4-14-23(19)26/h1-16,26,28H,17H2. The van der Waals surface area contributed by atoms with Gasteiger partial charge in [0.2, 0.25) is 0 Å². The normalized spacial score (nSPS) is 15.6. The molecule has 1 heteroatoms. The predicted molar refractivity (Wildman–Crippen MR) is 113 cm³/mol. The summed E-state index contributed by atoms with van der Waals surface area (Å²) in [6.45, 7) is 0.0777. The quantitative estimate of drug-likeness (QED) is 0.482. The van der Waals surface area contributed by atoms with Crippen LogP contribution in [0.1, 0.15) is 28.2 Å². The Hall–Kier alpha value is -3.16. The fourth-order valence-electron chi connectivity index (χ4n) is 5.62. The van der Waals surface area contributed by atoms with E-state index in [4.69, 9.17) is 0 Å². The SMILES string of the molecule is OCC1(C2c3ccccc3-c3ccccc32)c2ccccc2-c2ccccc21. The number of fused-ring (bicyclic) bond motifs is 6. The molecular formula is C27H20O. The minimum atomic E-state index is -0.476. The minimum absolute atomic E-state index is 0.0777. The van der Waals surface area contributed by atoms with Crippen LogP contribution in [0.2, 0.25) is 0 Å². The van der Waals surface area contributed by atoms with E-state index in [0.717, 1.165) is 0 Å². The average molecular weight is 360 g/mol. The Morgan fingerprint density at radius 2 is 0.929 bits per heavy atom. The molecule has 2 aliphatic carbocycles. The zero-order valence-corrected chi connectivity index (χ0v) is 15.5. The summed E-state index contributed by atoms with van der Waals surface area (Å²) in [4.78, 5) is 0. The molecule has 6 rings (SSSR count). The number of hydrogen-bond donors (Lipinski definition) is 1. The highest BCUT2D eigenvalue weighted by Gasteiger charge is 2.52. The first-order valence-electron chi connectivity index (χ1n) is 9.85. The van der Waals surface area contributed by atoms with E-state index >= 15 is 0 Å². The number of rotatable bonds is 2. The molecule has 1 nitrogen and oxygen atoms in total. The van der Waals surface area contributed by atoms with Gasteiger partial charge < -0.3 is 5.11 Å². The molecule has 2 aliphatic rings. The van der Waals surface area contributed by atoms with Crippen molar-refractivity contribution in [2.45, 2.75) is 11.3 Å². The topological polar surface area (TPSA) is 20.2 Å². The molecule has 134 valence electrons. The molecule has 0 aromatic heterocycles. The van der Waals surface area contributed by atoms with Crippen LogP contribution in [0.5, 0.6) is 0 Å². The third-order valence-corrected chi connectivity index (χ3v) is 6.68. The summed E-state index contributed by atoms with van der Waals surface area (Å²) in [5.74, 6) is 0.0923. The van der Waals surface area contributed by atoms with Gasteiger partial charge in [0.1, 0.15) is 0 Å². The van der Waals surface area contributed by atoms with Crippen molar-refractivity contribution in [3.63, 3.8) is 0 Å². The van der Waals surface area contributed by atoms with E-state index in [1.807, 2.05) is 0 Å². The van der Waals surface area contributed by atoms with Crippen molar-refractivity contribution in [2.75, 3.05) is 6.61 Å². The molecule has 0 unspecified atom stereocenters. The largest absolute Gasteiger partial charge is 0.395 e. The first kappa shape index (κ1) is 15.9. The van der Waals surface area contributed by atoms with E-state index in [1.165, 1.54) is 44.5 Å². The van der Waals surface area contributed by atoms with Gasteiger partial charge in [0.15, 0.2) is 0 Å². The number of aliphatic hydroxyl groups is 1. The van der Waals surface area contributed by atoms with Gasteiger partial charge in [-0.1, -0.05) is 97.1 Å². The van der Waals surface area contributed by atoms with Gasteiger partial charge in [-0.25, -0.2) is 0 Å². The van der Waals surface area contributed by atoms with Crippen molar-refractivity contribution >= 4 is 0 Å². The number of aliphatic hydroxyl groups excluding tert-OH is 1. The first-order chi connectivity index (χ1) is 13.9. The van der Waals surface area contributed by atoms with Crippen LogP contribution in [0.3, 0.4) is 0 Å². The average Bonchev–Trinajstić information content (AvgIpc) is 3.25. The van der Waals surface area contributed by atoms with E-state index < -0.39 is 5.41 Å². The van der Waals surface area contributed by atoms with E-state index in [0.29, 0.717) is 0 Å². The molecule has 0 fully saturated rings. The molecular weight excluding hydrogens is 340 g/mol. The summed E-state index contributed by atoms with van der Waals surface area (Å²) >= 11 is 0. The van der Waals surface area contributed by atoms with Crippen LogP contribution in [0.25, 0.3) is 22.3 Å². The zero-order valence-electron chi connectivity index (χ0n) is 15.5. The zero-order chi connectivity index (χ0) is 18.7. The molecule has 0 saturated heterocycles. The van der Waals surface area contributed by atoms with Gasteiger partial charge in [0, 0.05) is 5.92 Å². The summed E-state index contributed by atoms with van der Waals surface area (Å²) in [5.41, 5.74) is 9.67. The monoisotopic (exact) mass is 360 g/mol. The van der Waals surface area contributed by atoms with Crippen molar-refractivity contribution in [1.82, 2.24) is 0 Å². The molecule has 4 aromatic rings. The highest BCUT2D eigenvalue weighted by atomic mass is 16.3. The van der Waals surface area contributed by atoms with Crippen LogP contribution in [-0.4, -0.2) is 11.7 Å². The van der Waals surface area contributed by atoms with Crippen molar-refractivity contribution in [2.24, 2.45) is 0 Å². The van der Waals surface area contributed by atoms with Crippen LogP contribution in [-0.2, 0) is 5.41 Å². The molecule has 0 spiro atoms. The lowest BCUT2D eigenvalue weighted by molar-refractivity contribution is 0.210. The second-order valence-electron chi connectivity index (χ2n) is 7.83. The summed E-state index contributed by atoms with van der Waals surface area (Å²) < 4.78 is 0. The molecule has 0 atom stereocenters. The summed E-state index contributed by atoms with van der Waals surface area (Å²) in [5, 5.41) is 11.0. The minimum Gasteiger partial charge on any atom is -0.395 e. The lowest BCUT2D eigenvalue weighted by Crippen LogP contribution is -2.37. The molecule has 0 heterocycles. The lowest BCUT2D eigenvalue weighted by Gasteiger charge is -2.37. The molecule has 0 radical (unpaired) electrons.